The third kappa shape index (κ3) is 10.4. The minimum atomic E-state index is -4.36. The van der Waals surface area contributed by atoms with Gasteiger partial charge in [0.2, 0.25) is 29.4 Å². The Morgan fingerprint density at radius 3 is 2.11 bits per heavy atom. The van der Waals surface area contributed by atoms with Gasteiger partial charge in [-0.2, -0.15) is 8.42 Å². The van der Waals surface area contributed by atoms with E-state index < -0.39 is 93.0 Å². The fourth-order valence-electron chi connectivity index (χ4n) is 7.11. The standard InChI is InChI=1S/C43H46ClN5O15S/c1-43(2,3)63-42(56)49-33-21-15-29(37(51)30(16-21)64-65(8,57)58)62-27-12-10-20(14-25(27)44)36(50)35-41(55)47-34(38(52)45-4)24-17-22(59-5)18-28(61-7)31(24)23-13-19(9-11-26(23)60-6)32(39(53)48-35)46-40(33)54/h9-18,32-36,50-51H,1-8H3,(H,45,52)(H,46,54)(H,47,55)(H,48,53)(H,49,56)/t32-,33-,34+,35+,36-/m1/s1. The summed E-state index contributed by atoms with van der Waals surface area (Å²) in [4.78, 5) is 71.6. The maximum Gasteiger partial charge on any atom is 0.408 e. The second-order valence-corrected chi connectivity index (χ2v) is 17.7. The van der Waals surface area contributed by atoms with E-state index in [9.17, 15) is 42.6 Å². The number of amides is 5. The Morgan fingerprint density at radius 1 is 0.800 bits per heavy atom. The van der Waals surface area contributed by atoms with E-state index in [1.165, 1.54) is 76.9 Å². The molecular weight excluding hydrogens is 894 g/mol. The summed E-state index contributed by atoms with van der Waals surface area (Å²) >= 11 is 6.66. The van der Waals surface area contributed by atoms with Gasteiger partial charge in [0, 0.05) is 24.2 Å². The number of likely N-dealkylation sites (N-methyl/N-ethyl adjacent to an activating group) is 1. The second-order valence-electron chi connectivity index (χ2n) is 15.7. The van der Waals surface area contributed by atoms with E-state index in [2.05, 4.69) is 26.6 Å². The molecule has 7 rings (SSSR count). The van der Waals surface area contributed by atoms with Gasteiger partial charge in [-0.1, -0.05) is 23.7 Å². The number of aliphatic hydroxyl groups excluding tert-OH is 1. The van der Waals surface area contributed by atoms with E-state index in [1.54, 1.807) is 20.8 Å². The van der Waals surface area contributed by atoms with Gasteiger partial charge in [0.25, 0.3) is 0 Å². The zero-order chi connectivity index (χ0) is 47.7. The van der Waals surface area contributed by atoms with Gasteiger partial charge in [-0.15, -0.1) is 0 Å². The number of benzene rings is 4. The SMILES string of the molecule is CNC(=O)[C@H]1NC(=O)[C@H]2NC(=O)[C@H](NC(=O)[C@H](NC(=O)OC(C)(C)C)c3cc(c(O)c(OS(C)(=O)=O)c3)Oc3ccc(cc3Cl)[C@H]2O)c2ccc(OC)c(c2)-c2c(OC)cc(OC)cc21. The minimum absolute atomic E-state index is 0.0292. The highest BCUT2D eigenvalue weighted by molar-refractivity contribution is 7.86. The molecular formula is C43H46ClN5O15S. The van der Waals surface area contributed by atoms with E-state index in [0.717, 1.165) is 12.1 Å². The molecule has 0 saturated heterocycles. The summed E-state index contributed by atoms with van der Waals surface area (Å²) in [5.74, 6) is -5.85. The molecule has 346 valence electrons. The van der Waals surface area contributed by atoms with Crippen LogP contribution in [0.3, 0.4) is 0 Å². The lowest BCUT2D eigenvalue weighted by Gasteiger charge is -2.31. The van der Waals surface area contributed by atoms with E-state index >= 15 is 0 Å². The molecule has 22 heteroatoms. The molecule has 3 aliphatic rings. The molecule has 0 radical (unpaired) electrons. The summed E-state index contributed by atoms with van der Waals surface area (Å²) < 4.78 is 58.4. The molecule has 3 heterocycles. The van der Waals surface area contributed by atoms with Crippen LogP contribution in [0.1, 0.15) is 67.3 Å². The molecule has 0 aromatic heterocycles. The summed E-state index contributed by atoms with van der Waals surface area (Å²) in [5.41, 5.74) is -0.880. The molecule has 8 bridgehead atoms. The number of phenolic OH excluding ortho intramolecular Hbond substituents is 1. The topological polar surface area (TPSA) is 275 Å². The zero-order valence-electron chi connectivity index (χ0n) is 36.1. The van der Waals surface area contributed by atoms with Crippen molar-refractivity contribution in [2.45, 2.75) is 56.6 Å². The fourth-order valence-corrected chi connectivity index (χ4v) is 7.79. The van der Waals surface area contributed by atoms with Crippen LogP contribution in [0.25, 0.3) is 11.1 Å². The van der Waals surface area contributed by atoms with Crippen molar-refractivity contribution in [3.8, 4) is 51.4 Å². The van der Waals surface area contributed by atoms with Crippen molar-refractivity contribution in [3.05, 3.63) is 87.9 Å². The molecule has 4 aromatic carbocycles. The van der Waals surface area contributed by atoms with E-state index in [0.29, 0.717) is 6.26 Å². The van der Waals surface area contributed by atoms with Gasteiger partial charge >= 0.3 is 16.2 Å². The Bertz CT molecular complexity index is 2690. The Morgan fingerprint density at radius 2 is 1.49 bits per heavy atom. The first-order valence-corrected chi connectivity index (χ1v) is 21.7. The van der Waals surface area contributed by atoms with Gasteiger partial charge in [-0.25, -0.2) is 4.79 Å². The van der Waals surface area contributed by atoms with Crippen molar-refractivity contribution in [2.24, 2.45) is 0 Å². The minimum Gasteiger partial charge on any atom is -0.502 e. The molecule has 0 aliphatic carbocycles. The van der Waals surface area contributed by atoms with Crippen molar-refractivity contribution >= 4 is 51.4 Å². The van der Waals surface area contributed by atoms with E-state index in [4.69, 9.17) is 39.5 Å². The number of hydrogen-bond acceptors (Lipinski definition) is 15. The lowest BCUT2D eigenvalue weighted by molar-refractivity contribution is -0.136. The highest BCUT2D eigenvalue weighted by Gasteiger charge is 2.40. The molecule has 65 heavy (non-hydrogen) atoms. The number of hydrogen-bond donors (Lipinski definition) is 7. The van der Waals surface area contributed by atoms with E-state index in [1.807, 2.05) is 0 Å². The average Bonchev–Trinajstić information content (AvgIpc) is 3.24. The van der Waals surface area contributed by atoms with Crippen molar-refractivity contribution in [2.75, 3.05) is 34.6 Å². The second kappa shape index (κ2) is 18.6. The Labute approximate surface area is 377 Å². The number of aliphatic hydroxyl groups is 1. The van der Waals surface area contributed by atoms with Crippen LogP contribution in [0, 0.1) is 0 Å². The molecule has 0 saturated carbocycles. The van der Waals surface area contributed by atoms with Gasteiger partial charge in [-0.3, -0.25) is 19.2 Å². The van der Waals surface area contributed by atoms with Gasteiger partial charge in [0.05, 0.1) is 32.6 Å². The van der Waals surface area contributed by atoms with Gasteiger partial charge < -0.3 is 64.7 Å². The molecule has 0 unspecified atom stereocenters. The summed E-state index contributed by atoms with van der Waals surface area (Å²) in [5, 5.41) is 35.8. The third-order valence-electron chi connectivity index (χ3n) is 10.0. The summed E-state index contributed by atoms with van der Waals surface area (Å²) in [6.45, 7) is 4.68. The van der Waals surface area contributed by atoms with Crippen molar-refractivity contribution < 1.29 is 70.5 Å². The largest absolute Gasteiger partial charge is 0.502 e. The highest BCUT2D eigenvalue weighted by atomic mass is 35.5. The molecule has 20 nitrogen and oxygen atoms in total. The Hall–Kier alpha value is -6.97. The molecule has 5 amide bonds. The van der Waals surface area contributed by atoms with Crippen LogP contribution in [-0.4, -0.2) is 94.6 Å². The number of ether oxygens (including phenoxy) is 5. The summed E-state index contributed by atoms with van der Waals surface area (Å²) in [6.07, 6.45) is -2.38. The van der Waals surface area contributed by atoms with Crippen molar-refractivity contribution in [1.82, 2.24) is 26.6 Å². The quantitative estimate of drug-likeness (QED) is 0.130. The molecule has 4 aromatic rings. The van der Waals surface area contributed by atoms with Crippen LogP contribution in [0.5, 0.6) is 40.2 Å². The molecule has 3 aliphatic heterocycles. The van der Waals surface area contributed by atoms with Crippen LogP contribution in [0.4, 0.5) is 4.79 Å². The average molecular weight is 940 g/mol. The first-order valence-electron chi connectivity index (χ1n) is 19.5. The van der Waals surface area contributed by atoms with Crippen LogP contribution >= 0.6 is 11.6 Å². The monoisotopic (exact) mass is 939 g/mol. The van der Waals surface area contributed by atoms with Crippen LogP contribution in [-0.2, 0) is 34.0 Å². The first-order chi connectivity index (χ1) is 30.6. The van der Waals surface area contributed by atoms with Crippen LogP contribution < -0.4 is 49.7 Å². The third-order valence-corrected chi connectivity index (χ3v) is 10.8. The zero-order valence-corrected chi connectivity index (χ0v) is 37.7. The number of methoxy groups -OCH3 is 3. The fraction of sp³-hybridized carbons (Fsp3) is 0.326. The maximum atomic E-state index is 14.8. The number of halogens is 1. The maximum absolute atomic E-state index is 14.8. The first kappa shape index (κ1) is 47.5. The van der Waals surface area contributed by atoms with Crippen LogP contribution in [0.15, 0.2) is 60.7 Å². The van der Waals surface area contributed by atoms with E-state index in [-0.39, 0.29) is 61.4 Å². The number of rotatable bonds is 7. The lowest BCUT2D eigenvalue weighted by atomic mass is 9.89. The normalized spacial score (nSPS) is 19.7. The molecule has 0 spiro atoms. The number of phenols is 1. The Kier molecular flexibility index (Phi) is 13.6. The number of aromatic hydroxyl groups is 1. The summed E-state index contributed by atoms with van der Waals surface area (Å²) in [7, 11) is 1.08. The van der Waals surface area contributed by atoms with Crippen LogP contribution in [0.2, 0.25) is 5.02 Å². The highest BCUT2D eigenvalue weighted by Crippen LogP contribution is 2.46. The van der Waals surface area contributed by atoms with Gasteiger partial charge in [0.1, 0.15) is 58.9 Å². The predicted octanol–water partition coefficient (Wildman–Crippen LogP) is 3.74. The smallest absolute Gasteiger partial charge is 0.408 e. The number of fused-ring (bicyclic) bond motifs is 8. The Balaban J connectivity index is 1.69. The number of nitrogens with one attached hydrogen (secondary N) is 5. The summed E-state index contributed by atoms with van der Waals surface area (Å²) in [6, 6.07) is 5.95. The number of alkyl carbamates (subject to hydrolysis) is 1. The van der Waals surface area contributed by atoms with Gasteiger partial charge in [-0.05, 0) is 85.5 Å². The molecule has 7 N–H and O–H groups in total. The van der Waals surface area contributed by atoms with Crippen molar-refractivity contribution in [1.29, 1.82) is 0 Å². The molecule has 0 fully saturated rings. The molecule has 5 atom stereocenters. The number of carbonyl (C=O) groups excluding carboxylic acids is 5. The van der Waals surface area contributed by atoms with Crippen molar-refractivity contribution in [3.63, 3.8) is 0 Å². The number of carbonyl (C=O) groups is 5. The lowest BCUT2D eigenvalue weighted by Crippen LogP contribution is -2.55. The van der Waals surface area contributed by atoms with Gasteiger partial charge in [0.15, 0.2) is 11.5 Å². The predicted molar refractivity (Wildman–Crippen MR) is 231 cm³/mol.